The van der Waals surface area contributed by atoms with Crippen LogP contribution in [0.2, 0.25) is 0 Å². The summed E-state index contributed by atoms with van der Waals surface area (Å²) in [7, 11) is 0. The molecule has 2 rings (SSSR count). The SMILES string of the molecule is NCc1cc(-c2c(F)cccc2F)on1. The molecule has 0 spiro atoms. The van der Waals surface area contributed by atoms with Crippen molar-refractivity contribution >= 4 is 0 Å². The number of hydrogen-bond donors (Lipinski definition) is 1. The Bertz CT molecular complexity index is 462. The van der Waals surface area contributed by atoms with Gasteiger partial charge in [-0.15, -0.1) is 0 Å². The molecule has 1 aromatic carbocycles. The number of aromatic nitrogens is 1. The van der Waals surface area contributed by atoms with E-state index in [0.29, 0.717) is 5.69 Å². The van der Waals surface area contributed by atoms with E-state index in [1.807, 2.05) is 0 Å². The maximum atomic E-state index is 13.3. The van der Waals surface area contributed by atoms with Crippen molar-refractivity contribution in [3.05, 3.63) is 41.6 Å². The molecule has 0 amide bonds. The van der Waals surface area contributed by atoms with Crippen LogP contribution in [0, 0.1) is 11.6 Å². The van der Waals surface area contributed by atoms with E-state index >= 15 is 0 Å². The van der Waals surface area contributed by atoms with E-state index in [0.717, 1.165) is 12.1 Å². The van der Waals surface area contributed by atoms with Crippen molar-refractivity contribution in [3.63, 3.8) is 0 Å². The molecule has 78 valence electrons. The van der Waals surface area contributed by atoms with E-state index in [-0.39, 0.29) is 17.9 Å². The third kappa shape index (κ3) is 1.73. The van der Waals surface area contributed by atoms with Crippen molar-refractivity contribution in [2.75, 3.05) is 0 Å². The second-order valence-electron chi connectivity index (χ2n) is 2.98. The zero-order valence-corrected chi connectivity index (χ0v) is 7.71. The minimum atomic E-state index is -0.685. The summed E-state index contributed by atoms with van der Waals surface area (Å²) in [6, 6.07) is 5.02. The molecule has 0 atom stereocenters. The van der Waals surface area contributed by atoms with Crippen LogP contribution in [-0.2, 0) is 6.54 Å². The molecule has 3 nitrogen and oxygen atoms in total. The molecule has 0 bridgehead atoms. The molecular formula is C10H8F2N2O. The lowest BCUT2D eigenvalue weighted by Crippen LogP contribution is -1.95. The highest BCUT2D eigenvalue weighted by Gasteiger charge is 2.15. The maximum absolute atomic E-state index is 13.3. The Morgan fingerprint density at radius 3 is 2.47 bits per heavy atom. The number of hydrogen-bond acceptors (Lipinski definition) is 3. The van der Waals surface area contributed by atoms with Gasteiger partial charge in [0.2, 0.25) is 0 Å². The van der Waals surface area contributed by atoms with Gasteiger partial charge in [-0.25, -0.2) is 8.78 Å². The van der Waals surface area contributed by atoms with Crippen molar-refractivity contribution in [1.82, 2.24) is 5.16 Å². The van der Waals surface area contributed by atoms with E-state index in [9.17, 15) is 8.78 Å². The minimum Gasteiger partial charge on any atom is -0.356 e. The topological polar surface area (TPSA) is 52.0 Å². The Hall–Kier alpha value is -1.75. The van der Waals surface area contributed by atoms with Gasteiger partial charge >= 0.3 is 0 Å². The minimum absolute atomic E-state index is 0.0473. The lowest BCUT2D eigenvalue weighted by atomic mass is 10.1. The van der Waals surface area contributed by atoms with E-state index in [1.54, 1.807) is 0 Å². The average molecular weight is 210 g/mol. The number of nitrogens with two attached hydrogens (primary N) is 1. The lowest BCUT2D eigenvalue weighted by molar-refractivity contribution is 0.419. The predicted octanol–water partition coefficient (Wildman–Crippen LogP) is 2.08. The van der Waals surface area contributed by atoms with Gasteiger partial charge in [-0.3, -0.25) is 0 Å². The van der Waals surface area contributed by atoms with Gasteiger partial charge < -0.3 is 10.3 Å². The van der Waals surface area contributed by atoms with Crippen LogP contribution in [0.25, 0.3) is 11.3 Å². The summed E-state index contributed by atoms with van der Waals surface area (Å²) in [5.74, 6) is -1.32. The average Bonchev–Trinajstić information content (AvgIpc) is 2.66. The quantitative estimate of drug-likeness (QED) is 0.825. The molecule has 5 heteroatoms. The van der Waals surface area contributed by atoms with Gasteiger partial charge in [-0.05, 0) is 12.1 Å². The van der Waals surface area contributed by atoms with E-state index in [4.69, 9.17) is 10.3 Å². The summed E-state index contributed by atoms with van der Waals surface area (Å²) in [5.41, 5.74) is 5.54. The molecule has 0 aliphatic heterocycles. The zero-order valence-electron chi connectivity index (χ0n) is 7.71. The molecule has 15 heavy (non-hydrogen) atoms. The van der Waals surface area contributed by atoms with Gasteiger partial charge in [-0.2, -0.15) is 0 Å². The highest BCUT2D eigenvalue weighted by molar-refractivity contribution is 5.58. The molecule has 0 saturated heterocycles. The normalized spacial score (nSPS) is 10.6. The van der Waals surface area contributed by atoms with Crippen molar-refractivity contribution < 1.29 is 13.3 Å². The molecule has 2 aromatic rings. The van der Waals surface area contributed by atoms with E-state index in [2.05, 4.69) is 5.16 Å². The van der Waals surface area contributed by atoms with Gasteiger partial charge in [0.15, 0.2) is 5.76 Å². The van der Waals surface area contributed by atoms with Crippen LogP contribution in [0.1, 0.15) is 5.69 Å². The molecule has 0 aliphatic carbocycles. The number of benzene rings is 1. The summed E-state index contributed by atoms with van der Waals surface area (Å²) in [4.78, 5) is 0. The Balaban J connectivity index is 2.53. The van der Waals surface area contributed by atoms with Crippen LogP contribution in [0.3, 0.4) is 0 Å². The first-order valence-electron chi connectivity index (χ1n) is 4.32. The van der Waals surface area contributed by atoms with E-state index < -0.39 is 11.6 Å². The Kier molecular flexibility index (Phi) is 2.47. The standard InChI is InChI=1S/C10H8F2N2O/c11-7-2-1-3-8(12)10(7)9-4-6(5-13)14-15-9/h1-4H,5,13H2. The number of rotatable bonds is 2. The zero-order chi connectivity index (χ0) is 10.8. The summed E-state index contributed by atoms with van der Waals surface area (Å²) in [6.07, 6.45) is 0. The third-order valence-electron chi connectivity index (χ3n) is 1.98. The van der Waals surface area contributed by atoms with Crippen molar-refractivity contribution in [1.29, 1.82) is 0 Å². The van der Waals surface area contributed by atoms with Crippen LogP contribution in [0.4, 0.5) is 8.78 Å². The predicted molar refractivity (Wildman–Crippen MR) is 49.7 cm³/mol. The Morgan fingerprint density at radius 1 is 1.27 bits per heavy atom. The van der Waals surface area contributed by atoms with Gasteiger partial charge in [0.1, 0.15) is 11.6 Å². The highest BCUT2D eigenvalue weighted by Crippen LogP contribution is 2.26. The molecular weight excluding hydrogens is 202 g/mol. The van der Waals surface area contributed by atoms with Crippen molar-refractivity contribution in [3.8, 4) is 11.3 Å². The monoisotopic (exact) mass is 210 g/mol. The van der Waals surface area contributed by atoms with Gasteiger partial charge in [0, 0.05) is 12.6 Å². The second kappa shape index (κ2) is 3.78. The Morgan fingerprint density at radius 2 is 1.93 bits per heavy atom. The van der Waals surface area contributed by atoms with Crippen LogP contribution in [-0.4, -0.2) is 5.16 Å². The Labute approximate surface area is 84.5 Å². The first-order chi connectivity index (χ1) is 7.22. The van der Waals surface area contributed by atoms with Crippen molar-refractivity contribution in [2.45, 2.75) is 6.54 Å². The fourth-order valence-corrected chi connectivity index (χ4v) is 1.26. The maximum Gasteiger partial charge on any atom is 0.173 e. The number of halogens is 2. The first-order valence-corrected chi connectivity index (χ1v) is 4.32. The smallest absolute Gasteiger partial charge is 0.173 e. The molecule has 0 saturated carbocycles. The molecule has 1 heterocycles. The van der Waals surface area contributed by atoms with Crippen molar-refractivity contribution in [2.24, 2.45) is 5.73 Å². The van der Waals surface area contributed by atoms with Crippen LogP contribution < -0.4 is 5.73 Å². The molecule has 0 radical (unpaired) electrons. The third-order valence-corrected chi connectivity index (χ3v) is 1.98. The summed E-state index contributed by atoms with van der Waals surface area (Å²) >= 11 is 0. The van der Waals surface area contributed by atoms with Gasteiger partial charge in [-0.1, -0.05) is 11.2 Å². The molecule has 2 N–H and O–H groups in total. The highest BCUT2D eigenvalue weighted by atomic mass is 19.1. The lowest BCUT2D eigenvalue weighted by Gasteiger charge is -1.98. The molecule has 1 aromatic heterocycles. The van der Waals surface area contributed by atoms with Gasteiger partial charge in [0.25, 0.3) is 0 Å². The summed E-state index contributed by atoms with van der Waals surface area (Å²) in [5, 5.41) is 3.56. The van der Waals surface area contributed by atoms with Crippen LogP contribution in [0.15, 0.2) is 28.8 Å². The summed E-state index contributed by atoms with van der Waals surface area (Å²) < 4.78 is 31.4. The largest absolute Gasteiger partial charge is 0.356 e. The second-order valence-corrected chi connectivity index (χ2v) is 2.98. The molecule has 0 fully saturated rings. The van der Waals surface area contributed by atoms with Crippen LogP contribution >= 0.6 is 0 Å². The fourth-order valence-electron chi connectivity index (χ4n) is 1.26. The number of nitrogens with zero attached hydrogens (tertiary/aromatic N) is 1. The first kappa shape index (κ1) is 9.79. The van der Waals surface area contributed by atoms with Crippen LogP contribution in [0.5, 0.6) is 0 Å². The molecule has 0 unspecified atom stereocenters. The van der Waals surface area contributed by atoms with Gasteiger partial charge in [0.05, 0.1) is 11.3 Å². The van der Waals surface area contributed by atoms with E-state index in [1.165, 1.54) is 12.1 Å². The molecule has 0 aliphatic rings. The summed E-state index contributed by atoms with van der Waals surface area (Å²) in [6.45, 7) is 0.166. The fraction of sp³-hybridized carbons (Fsp3) is 0.100.